The number of aromatic amines is 1. The topological polar surface area (TPSA) is 74.8 Å². The Kier molecular flexibility index (Phi) is 4.06. The molecule has 4 atom stereocenters. The van der Waals surface area contributed by atoms with Gasteiger partial charge in [-0.25, -0.2) is 4.98 Å². The third-order valence-corrected chi connectivity index (χ3v) is 5.50. The van der Waals surface area contributed by atoms with Crippen LogP contribution in [-0.4, -0.2) is 21.9 Å². The second kappa shape index (κ2) is 5.86. The van der Waals surface area contributed by atoms with Gasteiger partial charge in [-0.15, -0.1) is 0 Å². The fourth-order valence-electron chi connectivity index (χ4n) is 4.44. The van der Waals surface area contributed by atoms with Crippen LogP contribution in [0, 0.1) is 31.6 Å². The number of fused-ring (bicyclic) bond motifs is 2. The summed E-state index contributed by atoms with van der Waals surface area (Å²) < 4.78 is 0. The number of carbonyl (C=O) groups is 1. The first-order valence-corrected chi connectivity index (χ1v) is 8.29. The van der Waals surface area contributed by atoms with Gasteiger partial charge in [0.2, 0.25) is 5.91 Å². The highest BCUT2D eigenvalue weighted by Crippen LogP contribution is 2.49. The Balaban J connectivity index is 1.62. The molecule has 0 radical (unpaired) electrons. The van der Waals surface area contributed by atoms with Crippen molar-refractivity contribution in [3.63, 3.8) is 0 Å². The van der Waals surface area contributed by atoms with E-state index in [1.54, 1.807) is 13.8 Å². The van der Waals surface area contributed by atoms with Gasteiger partial charge in [-0.05, 0) is 57.8 Å². The van der Waals surface area contributed by atoms with Crippen LogP contribution >= 0.6 is 0 Å². The molecule has 1 amide bonds. The molecule has 2 bridgehead atoms. The van der Waals surface area contributed by atoms with Gasteiger partial charge in [0.15, 0.2) is 0 Å². The van der Waals surface area contributed by atoms with E-state index in [1.165, 1.54) is 25.7 Å². The molecule has 2 N–H and O–H groups in total. The fourth-order valence-corrected chi connectivity index (χ4v) is 4.44. The summed E-state index contributed by atoms with van der Waals surface area (Å²) in [6.07, 6.45) is 5.38. The van der Waals surface area contributed by atoms with Crippen molar-refractivity contribution < 1.29 is 4.79 Å². The number of carbonyl (C=O) groups excluding carboxylic acids is 1. The maximum atomic E-state index is 12.3. The van der Waals surface area contributed by atoms with Crippen molar-refractivity contribution in [2.45, 2.75) is 58.9 Å². The van der Waals surface area contributed by atoms with Gasteiger partial charge in [0.25, 0.3) is 5.56 Å². The predicted molar refractivity (Wildman–Crippen MR) is 84.6 cm³/mol. The first kappa shape index (κ1) is 15.3. The number of hydrogen-bond acceptors (Lipinski definition) is 3. The lowest BCUT2D eigenvalue weighted by Crippen LogP contribution is -2.41. The molecule has 0 unspecified atom stereocenters. The van der Waals surface area contributed by atoms with E-state index in [0.29, 0.717) is 23.0 Å². The molecule has 22 heavy (non-hydrogen) atoms. The zero-order valence-corrected chi connectivity index (χ0v) is 13.6. The minimum Gasteiger partial charge on any atom is -0.353 e. The Hall–Kier alpha value is -1.65. The van der Waals surface area contributed by atoms with Gasteiger partial charge in [-0.3, -0.25) is 9.59 Å². The van der Waals surface area contributed by atoms with Crippen LogP contribution in [0.1, 0.15) is 49.7 Å². The standard InChI is InChI=1S/C17H25N3O2/c1-9(14-7-12-4-5-13(14)6-12)19-16(21)8-15-10(2)18-11(3)20-17(15)22/h9,12-14H,4-8H2,1-3H3,(H,19,21)(H,18,20,22)/t9-,12+,13+,14+/m1/s1. The first-order valence-electron chi connectivity index (χ1n) is 8.29. The number of nitrogens with zero attached hydrogens (tertiary/aromatic N) is 1. The van der Waals surface area contributed by atoms with E-state index >= 15 is 0 Å². The number of aromatic nitrogens is 2. The van der Waals surface area contributed by atoms with Gasteiger partial charge in [0.1, 0.15) is 5.82 Å². The SMILES string of the molecule is Cc1nc(C)c(CC(=O)N[C@H](C)[C@@H]2C[C@H]3CC[C@H]2C3)c(=O)[nH]1. The maximum absolute atomic E-state index is 12.3. The fraction of sp³-hybridized carbons (Fsp3) is 0.706. The van der Waals surface area contributed by atoms with Crippen molar-refractivity contribution in [2.75, 3.05) is 0 Å². The van der Waals surface area contributed by atoms with Crippen LogP contribution < -0.4 is 10.9 Å². The second-order valence-corrected chi connectivity index (χ2v) is 7.09. The van der Waals surface area contributed by atoms with Gasteiger partial charge in [0.05, 0.1) is 6.42 Å². The monoisotopic (exact) mass is 303 g/mol. The number of H-pyrrole nitrogens is 1. The number of amides is 1. The van der Waals surface area contributed by atoms with Crippen LogP contribution in [0.5, 0.6) is 0 Å². The minimum atomic E-state index is -0.201. The average Bonchev–Trinajstić information content (AvgIpc) is 3.05. The lowest BCUT2D eigenvalue weighted by Gasteiger charge is -2.28. The lowest BCUT2D eigenvalue weighted by molar-refractivity contribution is -0.121. The summed E-state index contributed by atoms with van der Waals surface area (Å²) in [5.74, 6) is 2.78. The summed E-state index contributed by atoms with van der Waals surface area (Å²) in [7, 11) is 0. The van der Waals surface area contributed by atoms with Crippen molar-refractivity contribution >= 4 is 5.91 Å². The molecular formula is C17H25N3O2. The number of hydrogen-bond donors (Lipinski definition) is 2. The summed E-state index contributed by atoms with van der Waals surface area (Å²) >= 11 is 0. The zero-order chi connectivity index (χ0) is 15.9. The predicted octanol–water partition coefficient (Wildman–Crippen LogP) is 1.87. The summed E-state index contributed by atoms with van der Waals surface area (Å²) in [5.41, 5.74) is 0.917. The summed E-state index contributed by atoms with van der Waals surface area (Å²) in [4.78, 5) is 31.2. The van der Waals surface area contributed by atoms with Gasteiger partial charge in [-0.2, -0.15) is 0 Å². The lowest BCUT2D eigenvalue weighted by atomic mass is 9.84. The zero-order valence-electron chi connectivity index (χ0n) is 13.6. The van der Waals surface area contributed by atoms with Crippen LogP contribution in [0.3, 0.4) is 0 Å². The van der Waals surface area contributed by atoms with E-state index < -0.39 is 0 Å². The Morgan fingerprint density at radius 3 is 2.73 bits per heavy atom. The van der Waals surface area contributed by atoms with Crippen LogP contribution in [0.4, 0.5) is 0 Å². The molecule has 0 spiro atoms. The van der Waals surface area contributed by atoms with Crippen molar-refractivity contribution in [3.8, 4) is 0 Å². The molecule has 0 saturated heterocycles. The summed E-state index contributed by atoms with van der Waals surface area (Å²) in [6.45, 7) is 5.63. The molecular weight excluding hydrogens is 278 g/mol. The highest BCUT2D eigenvalue weighted by atomic mass is 16.2. The molecule has 5 nitrogen and oxygen atoms in total. The van der Waals surface area contributed by atoms with Crippen LogP contribution in [0.2, 0.25) is 0 Å². The molecule has 2 saturated carbocycles. The highest BCUT2D eigenvalue weighted by Gasteiger charge is 2.42. The Morgan fingerprint density at radius 2 is 2.14 bits per heavy atom. The number of rotatable bonds is 4. The smallest absolute Gasteiger partial charge is 0.254 e. The molecule has 1 aromatic heterocycles. The Morgan fingerprint density at radius 1 is 1.36 bits per heavy atom. The quantitative estimate of drug-likeness (QED) is 0.891. The normalized spacial score (nSPS) is 27.9. The maximum Gasteiger partial charge on any atom is 0.254 e. The Labute approximate surface area is 130 Å². The third-order valence-electron chi connectivity index (χ3n) is 5.50. The first-order chi connectivity index (χ1) is 10.4. The van der Waals surface area contributed by atoms with Gasteiger partial charge < -0.3 is 10.3 Å². The molecule has 1 aromatic rings. The van der Waals surface area contributed by atoms with Gasteiger partial charge >= 0.3 is 0 Å². The molecule has 0 aliphatic heterocycles. The van der Waals surface area contributed by atoms with Crippen LogP contribution in [-0.2, 0) is 11.2 Å². The van der Waals surface area contributed by atoms with E-state index in [2.05, 4.69) is 22.2 Å². The van der Waals surface area contributed by atoms with Crippen molar-refractivity contribution in [1.29, 1.82) is 0 Å². The Bertz CT molecular complexity index is 637. The molecule has 1 heterocycles. The molecule has 2 aliphatic rings. The molecule has 5 heteroatoms. The van der Waals surface area contributed by atoms with Crippen molar-refractivity contribution in [1.82, 2.24) is 15.3 Å². The summed E-state index contributed by atoms with van der Waals surface area (Å²) in [5, 5.41) is 3.10. The molecule has 120 valence electrons. The highest BCUT2D eigenvalue weighted by molar-refractivity contribution is 5.79. The largest absolute Gasteiger partial charge is 0.353 e. The van der Waals surface area contributed by atoms with E-state index in [9.17, 15) is 9.59 Å². The van der Waals surface area contributed by atoms with Crippen LogP contribution in [0.15, 0.2) is 4.79 Å². The number of nitrogens with one attached hydrogen (secondary N) is 2. The second-order valence-electron chi connectivity index (χ2n) is 7.09. The van der Waals surface area contributed by atoms with E-state index in [1.807, 2.05) is 0 Å². The van der Waals surface area contributed by atoms with E-state index in [4.69, 9.17) is 0 Å². The number of aryl methyl sites for hydroxylation is 2. The molecule has 2 aliphatic carbocycles. The minimum absolute atomic E-state index is 0.0745. The average molecular weight is 303 g/mol. The van der Waals surface area contributed by atoms with Gasteiger partial charge in [0, 0.05) is 17.3 Å². The van der Waals surface area contributed by atoms with Gasteiger partial charge in [-0.1, -0.05) is 6.42 Å². The van der Waals surface area contributed by atoms with Crippen molar-refractivity contribution in [3.05, 3.63) is 27.4 Å². The summed E-state index contributed by atoms with van der Waals surface area (Å²) in [6, 6.07) is 0.195. The molecule has 3 rings (SSSR count). The van der Waals surface area contributed by atoms with E-state index in [-0.39, 0.29) is 23.9 Å². The van der Waals surface area contributed by atoms with E-state index in [0.717, 1.165) is 11.8 Å². The van der Waals surface area contributed by atoms with Crippen LogP contribution in [0.25, 0.3) is 0 Å². The molecule has 0 aromatic carbocycles. The molecule has 2 fully saturated rings. The van der Waals surface area contributed by atoms with Crippen molar-refractivity contribution in [2.24, 2.45) is 17.8 Å². The third kappa shape index (κ3) is 2.94.